The quantitative estimate of drug-likeness (QED) is 0.794. The summed E-state index contributed by atoms with van der Waals surface area (Å²) in [6.45, 7) is 7.64. The molecule has 0 saturated heterocycles. The van der Waals surface area contributed by atoms with Gasteiger partial charge in [-0.15, -0.1) is 0 Å². The zero-order valence-corrected chi connectivity index (χ0v) is 12.1. The first-order valence-corrected chi connectivity index (χ1v) is 7.17. The van der Waals surface area contributed by atoms with Gasteiger partial charge in [-0.1, -0.05) is 26.0 Å². The summed E-state index contributed by atoms with van der Waals surface area (Å²) in [6, 6.07) is 7.80. The summed E-state index contributed by atoms with van der Waals surface area (Å²) in [4.78, 5) is 0. The van der Waals surface area contributed by atoms with E-state index >= 15 is 0 Å². The van der Waals surface area contributed by atoms with E-state index in [1.54, 1.807) is 0 Å². The molecule has 2 N–H and O–H groups in total. The normalized spacial score (nSPS) is 18.4. The highest BCUT2D eigenvalue weighted by molar-refractivity contribution is 5.31. The van der Waals surface area contributed by atoms with Gasteiger partial charge in [0.25, 0.3) is 0 Å². The van der Waals surface area contributed by atoms with Crippen molar-refractivity contribution in [1.29, 1.82) is 0 Å². The van der Waals surface area contributed by atoms with Crippen molar-refractivity contribution in [2.24, 2.45) is 5.92 Å². The summed E-state index contributed by atoms with van der Waals surface area (Å²) in [5.41, 5.74) is 0.0828. The smallest absolute Gasteiger partial charge is 0.119 e. The van der Waals surface area contributed by atoms with Crippen LogP contribution in [0.4, 0.5) is 0 Å². The van der Waals surface area contributed by atoms with Crippen LogP contribution in [0.3, 0.4) is 0 Å². The lowest BCUT2D eigenvalue weighted by Crippen LogP contribution is -2.36. The first-order valence-electron chi connectivity index (χ1n) is 7.17. The molecule has 1 atom stereocenters. The highest BCUT2D eigenvalue weighted by Gasteiger charge is 2.25. The van der Waals surface area contributed by atoms with Crippen LogP contribution in [0.5, 0.6) is 5.75 Å². The molecule has 0 bridgehead atoms. The van der Waals surface area contributed by atoms with Crippen molar-refractivity contribution in [3.8, 4) is 5.75 Å². The van der Waals surface area contributed by atoms with Crippen molar-refractivity contribution in [2.45, 2.75) is 45.3 Å². The minimum Gasteiger partial charge on any atom is -0.490 e. The molecule has 3 heteroatoms. The molecule has 0 spiro atoms. The van der Waals surface area contributed by atoms with E-state index in [9.17, 15) is 5.11 Å². The Hall–Kier alpha value is -1.06. The summed E-state index contributed by atoms with van der Waals surface area (Å²) in [6.07, 6.45) is 2.75. The van der Waals surface area contributed by atoms with E-state index < -0.39 is 5.60 Å². The maximum atomic E-state index is 10.5. The van der Waals surface area contributed by atoms with Gasteiger partial charge >= 0.3 is 0 Å². The third kappa shape index (κ3) is 4.51. The molecule has 0 aromatic heterocycles. The fraction of sp³-hybridized carbons (Fsp3) is 0.625. The van der Waals surface area contributed by atoms with Gasteiger partial charge in [0.05, 0.1) is 11.7 Å². The Bertz CT molecular complexity index is 394. The van der Waals surface area contributed by atoms with Gasteiger partial charge in [-0.3, -0.25) is 0 Å². The molecule has 1 fully saturated rings. The van der Waals surface area contributed by atoms with E-state index in [0.29, 0.717) is 18.6 Å². The van der Waals surface area contributed by atoms with Gasteiger partial charge in [-0.25, -0.2) is 0 Å². The first-order chi connectivity index (χ1) is 8.97. The molecule has 1 saturated carbocycles. The maximum Gasteiger partial charge on any atom is 0.119 e. The lowest BCUT2D eigenvalue weighted by Gasteiger charge is -2.25. The van der Waals surface area contributed by atoms with E-state index in [2.05, 4.69) is 19.2 Å². The molecule has 3 nitrogen and oxygen atoms in total. The van der Waals surface area contributed by atoms with Crippen molar-refractivity contribution < 1.29 is 9.84 Å². The number of ether oxygens (including phenoxy) is 1. The molecule has 0 amide bonds. The van der Waals surface area contributed by atoms with Crippen LogP contribution >= 0.6 is 0 Å². The predicted octanol–water partition coefficient (Wildman–Crippen LogP) is 2.68. The van der Waals surface area contributed by atoms with Crippen LogP contribution < -0.4 is 10.1 Å². The van der Waals surface area contributed by atoms with Gasteiger partial charge < -0.3 is 15.2 Å². The number of hydrogen-bond acceptors (Lipinski definition) is 3. The molecule has 1 aliphatic carbocycles. The highest BCUT2D eigenvalue weighted by Crippen LogP contribution is 2.28. The standard InChI is InChI=1S/C16H25NO2/c1-12(2)10-17-11-16(3,18)13-4-6-14(7-5-13)19-15-8-9-15/h4-7,12,15,17-18H,8-11H2,1-3H3. The zero-order valence-electron chi connectivity index (χ0n) is 12.1. The summed E-state index contributed by atoms with van der Waals surface area (Å²) in [5.74, 6) is 1.49. The summed E-state index contributed by atoms with van der Waals surface area (Å²) >= 11 is 0. The van der Waals surface area contributed by atoms with Gasteiger partial charge in [-0.2, -0.15) is 0 Å². The maximum absolute atomic E-state index is 10.5. The third-order valence-corrected chi connectivity index (χ3v) is 3.33. The van der Waals surface area contributed by atoms with Crippen molar-refractivity contribution in [1.82, 2.24) is 5.32 Å². The molecule has 1 aromatic carbocycles. The average Bonchev–Trinajstić information content (AvgIpc) is 3.13. The number of nitrogens with one attached hydrogen (secondary N) is 1. The second-order valence-corrected chi connectivity index (χ2v) is 6.14. The lowest BCUT2D eigenvalue weighted by atomic mass is 9.96. The summed E-state index contributed by atoms with van der Waals surface area (Å²) in [5, 5.41) is 13.8. The molecule has 1 aliphatic rings. The molecule has 1 unspecified atom stereocenters. The molecule has 0 aliphatic heterocycles. The van der Waals surface area contributed by atoms with Gasteiger partial charge in [-0.05, 0) is 49.9 Å². The van der Waals surface area contributed by atoms with Gasteiger partial charge in [0.15, 0.2) is 0 Å². The van der Waals surface area contributed by atoms with Crippen molar-refractivity contribution in [3.05, 3.63) is 29.8 Å². The molecular formula is C16H25NO2. The van der Waals surface area contributed by atoms with Crippen LogP contribution in [-0.2, 0) is 5.60 Å². The van der Waals surface area contributed by atoms with Crippen LogP contribution in [-0.4, -0.2) is 24.3 Å². The largest absolute Gasteiger partial charge is 0.490 e. The SMILES string of the molecule is CC(C)CNCC(C)(O)c1ccc(OC2CC2)cc1. The van der Waals surface area contributed by atoms with Gasteiger partial charge in [0.1, 0.15) is 5.75 Å². The Balaban J connectivity index is 1.90. The van der Waals surface area contributed by atoms with E-state index in [-0.39, 0.29) is 0 Å². The number of aliphatic hydroxyl groups is 1. The first kappa shape index (κ1) is 14.4. The van der Waals surface area contributed by atoms with E-state index in [4.69, 9.17) is 4.74 Å². The Kier molecular flexibility index (Phi) is 4.48. The minimum absolute atomic E-state index is 0.416. The van der Waals surface area contributed by atoms with E-state index in [1.165, 1.54) is 12.8 Å². The fourth-order valence-electron chi connectivity index (χ4n) is 1.98. The van der Waals surface area contributed by atoms with Crippen LogP contribution in [0.1, 0.15) is 39.2 Å². The van der Waals surface area contributed by atoms with E-state index in [1.807, 2.05) is 31.2 Å². The van der Waals surface area contributed by atoms with Crippen molar-refractivity contribution in [2.75, 3.05) is 13.1 Å². The second-order valence-electron chi connectivity index (χ2n) is 6.14. The van der Waals surface area contributed by atoms with Crippen LogP contribution in [0.25, 0.3) is 0 Å². The Morgan fingerprint density at radius 3 is 2.47 bits per heavy atom. The molecule has 19 heavy (non-hydrogen) atoms. The van der Waals surface area contributed by atoms with Crippen LogP contribution in [0.15, 0.2) is 24.3 Å². The summed E-state index contributed by atoms with van der Waals surface area (Å²) < 4.78 is 5.71. The van der Waals surface area contributed by atoms with E-state index in [0.717, 1.165) is 17.9 Å². The fourth-order valence-corrected chi connectivity index (χ4v) is 1.98. The molecule has 0 heterocycles. The second kappa shape index (κ2) is 5.93. The average molecular weight is 263 g/mol. The monoisotopic (exact) mass is 263 g/mol. The summed E-state index contributed by atoms with van der Waals surface area (Å²) in [7, 11) is 0. The molecule has 2 rings (SSSR count). The Labute approximate surface area is 116 Å². The van der Waals surface area contributed by atoms with Crippen molar-refractivity contribution >= 4 is 0 Å². The Morgan fingerprint density at radius 1 is 1.32 bits per heavy atom. The number of hydrogen-bond donors (Lipinski definition) is 2. The zero-order chi connectivity index (χ0) is 13.9. The topological polar surface area (TPSA) is 41.5 Å². The number of rotatable bonds is 7. The van der Waals surface area contributed by atoms with Crippen LogP contribution in [0.2, 0.25) is 0 Å². The third-order valence-electron chi connectivity index (χ3n) is 3.33. The molecular weight excluding hydrogens is 238 g/mol. The van der Waals surface area contributed by atoms with Gasteiger partial charge in [0, 0.05) is 6.54 Å². The minimum atomic E-state index is -0.840. The molecule has 0 radical (unpaired) electrons. The molecule has 106 valence electrons. The molecule has 1 aromatic rings. The highest BCUT2D eigenvalue weighted by atomic mass is 16.5. The number of benzene rings is 1. The Morgan fingerprint density at radius 2 is 1.95 bits per heavy atom. The van der Waals surface area contributed by atoms with Gasteiger partial charge in [0.2, 0.25) is 0 Å². The lowest BCUT2D eigenvalue weighted by molar-refractivity contribution is 0.0563. The predicted molar refractivity (Wildman–Crippen MR) is 77.4 cm³/mol. The van der Waals surface area contributed by atoms with Crippen LogP contribution in [0, 0.1) is 5.92 Å². The van der Waals surface area contributed by atoms with Crippen molar-refractivity contribution in [3.63, 3.8) is 0 Å².